The molecule has 3 heteroatoms. The Labute approximate surface area is 101 Å². The maximum absolute atomic E-state index is 9.10. The molecular formula is C14H16N2O. The molecule has 0 aliphatic rings. The quantitative estimate of drug-likeness (QED) is 0.877. The van der Waals surface area contributed by atoms with Gasteiger partial charge in [0.2, 0.25) is 0 Å². The SMILES string of the molecule is Cc1ccc(N(C)c2cc(CO)ccn2)cc1. The predicted octanol–water partition coefficient (Wildman–Crippen LogP) is 2.65. The van der Waals surface area contributed by atoms with Gasteiger partial charge in [-0.3, -0.25) is 0 Å². The number of nitrogens with zero attached hydrogens (tertiary/aromatic N) is 2. The van der Waals surface area contributed by atoms with Crippen LogP contribution < -0.4 is 4.90 Å². The van der Waals surface area contributed by atoms with E-state index in [2.05, 4.69) is 36.2 Å². The first-order chi connectivity index (χ1) is 8.20. The van der Waals surface area contributed by atoms with E-state index in [-0.39, 0.29) is 6.61 Å². The molecule has 0 unspecified atom stereocenters. The highest BCUT2D eigenvalue weighted by molar-refractivity contribution is 5.59. The molecule has 0 spiro atoms. The Morgan fingerprint density at radius 2 is 1.88 bits per heavy atom. The summed E-state index contributed by atoms with van der Waals surface area (Å²) >= 11 is 0. The number of aliphatic hydroxyl groups excluding tert-OH is 1. The largest absolute Gasteiger partial charge is 0.392 e. The summed E-state index contributed by atoms with van der Waals surface area (Å²) in [7, 11) is 1.97. The van der Waals surface area contributed by atoms with Crippen LogP contribution in [0.25, 0.3) is 0 Å². The number of aliphatic hydroxyl groups is 1. The third-order valence-corrected chi connectivity index (χ3v) is 2.76. The number of rotatable bonds is 3. The number of hydrogen-bond acceptors (Lipinski definition) is 3. The van der Waals surface area contributed by atoms with Gasteiger partial charge in [0, 0.05) is 18.9 Å². The molecule has 3 nitrogen and oxygen atoms in total. The Hall–Kier alpha value is -1.87. The monoisotopic (exact) mass is 228 g/mol. The lowest BCUT2D eigenvalue weighted by atomic mass is 10.2. The molecule has 88 valence electrons. The molecule has 0 aliphatic carbocycles. The van der Waals surface area contributed by atoms with E-state index in [0.717, 1.165) is 17.1 Å². The van der Waals surface area contributed by atoms with E-state index in [1.165, 1.54) is 5.56 Å². The van der Waals surface area contributed by atoms with Crippen LogP contribution >= 0.6 is 0 Å². The molecule has 17 heavy (non-hydrogen) atoms. The lowest BCUT2D eigenvalue weighted by molar-refractivity contribution is 0.282. The van der Waals surface area contributed by atoms with Crippen molar-refractivity contribution in [2.24, 2.45) is 0 Å². The van der Waals surface area contributed by atoms with Crippen LogP contribution in [0.2, 0.25) is 0 Å². The van der Waals surface area contributed by atoms with Crippen molar-refractivity contribution in [3.05, 3.63) is 53.7 Å². The van der Waals surface area contributed by atoms with Gasteiger partial charge in [-0.05, 0) is 36.8 Å². The maximum Gasteiger partial charge on any atom is 0.132 e. The van der Waals surface area contributed by atoms with E-state index in [9.17, 15) is 0 Å². The van der Waals surface area contributed by atoms with Crippen molar-refractivity contribution in [3.63, 3.8) is 0 Å². The van der Waals surface area contributed by atoms with Crippen LogP contribution in [0.15, 0.2) is 42.6 Å². The van der Waals surface area contributed by atoms with E-state index < -0.39 is 0 Å². The van der Waals surface area contributed by atoms with Crippen LogP contribution in [0.3, 0.4) is 0 Å². The second-order valence-corrected chi connectivity index (χ2v) is 4.07. The minimum absolute atomic E-state index is 0.0389. The average molecular weight is 228 g/mol. The van der Waals surface area contributed by atoms with Crippen molar-refractivity contribution in [2.45, 2.75) is 13.5 Å². The summed E-state index contributed by atoms with van der Waals surface area (Å²) in [6, 6.07) is 12.0. The highest BCUT2D eigenvalue weighted by atomic mass is 16.3. The Morgan fingerprint density at radius 1 is 1.18 bits per heavy atom. The number of anilines is 2. The maximum atomic E-state index is 9.10. The zero-order chi connectivity index (χ0) is 12.3. The fourth-order valence-corrected chi connectivity index (χ4v) is 1.64. The van der Waals surface area contributed by atoms with E-state index in [0.29, 0.717) is 0 Å². The van der Waals surface area contributed by atoms with Crippen LogP contribution in [-0.2, 0) is 6.61 Å². The minimum Gasteiger partial charge on any atom is -0.392 e. The summed E-state index contributed by atoms with van der Waals surface area (Å²) in [5.74, 6) is 0.834. The highest BCUT2D eigenvalue weighted by Crippen LogP contribution is 2.22. The Morgan fingerprint density at radius 3 is 2.53 bits per heavy atom. The summed E-state index contributed by atoms with van der Waals surface area (Å²) in [6.45, 7) is 2.10. The van der Waals surface area contributed by atoms with E-state index in [1.807, 2.05) is 24.1 Å². The van der Waals surface area contributed by atoms with Crippen molar-refractivity contribution in [1.82, 2.24) is 4.98 Å². The average Bonchev–Trinajstić information content (AvgIpc) is 2.39. The summed E-state index contributed by atoms with van der Waals surface area (Å²) in [4.78, 5) is 6.30. The van der Waals surface area contributed by atoms with E-state index >= 15 is 0 Å². The second-order valence-electron chi connectivity index (χ2n) is 4.07. The smallest absolute Gasteiger partial charge is 0.132 e. The molecule has 0 fully saturated rings. The molecule has 0 bridgehead atoms. The number of aromatic nitrogens is 1. The van der Waals surface area contributed by atoms with Crippen molar-refractivity contribution in [3.8, 4) is 0 Å². The molecule has 2 aromatic rings. The molecule has 1 heterocycles. The van der Waals surface area contributed by atoms with Crippen LogP contribution in [0.1, 0.15) is 11.1 Å². The molecule has 0 atom stereocenters. The molecule has 1 aromatic carbocycles. The van der Waals surface area contributed by atoms with Crippen LogP contribution in [-0.4, -0.2) is 17.1 Å². The summed E-state index contributed by atoms with van der Waals surface area (Å²) in [6.07, 6.45) is 1.71. The number of aryl methyl sites for hydroxylation is 1. The normalized spacial score (nSPS) is 10.3. The van der Waals surface area contributed by atoms with E-state index in [4.69, 9.17) is 5.11 Å². The van der Waals surface area contributed by atoms with Crippen LogP contribution in [0.4, 0.5) is 11.5 Å². The molecule has 0 saturated heterocycles. The topological polar surface area (TPSA) is 36.4 Å². The molecular weight excluding hydrogens is 212 g/mol. The summed E-state index contributed by atoms with van der Waals surface area (Å²) in [5, 5.41) is 9.10. The van der Waals surface area contributed by atoms with Gasteiger partial charge >= 0.3 is 0 Å². The minimum atomic E-state index is 0.0389. The Balaban J connectivity index is 2.29. The first-order valence-corrected chi connectivity index (χ1v) is 5.57. The molecule has 1 aromatic heterocycles. The fraction of sp³-hybridized carbons (Fsp3) is 0.214. The predicted molar refractivity (Wildman–Crippen MR) is 69.4 cm³/mol. The van der Waals surface area contributed by atoms with Crippen molar-refractivity contribution in [2.75, 3.05) is 11.9 Å². The molecule has 0 aliphatic heterocycles. The Bertz CT molecular complexity index is 494. The van der Waals surface area contributed by atoms with Crippen molar-refractivity contribution >= 4 is 11.5 Å². The highest BCUT2D eigenvalue weighted by Gasteiger charge is 2.05. The van der Waals surface area contributed by atoms with Gasteiger partial charge in [0.25, 0.3) is 0 Å². The summed E-state index contributed by atoms with van der Waals surface area (Å²) in [5.41, 5.74) is 3.19. The van der Waals surface area contributed by atoms with Crippen molar-refractivity contribution in [1.29, 1.82) is 0 Å². The van der Waals surface area contributed by atoms with Crippen molar-refractivity contribution < 1.29 is 5.11 Å². The molecule has 0 amide bonds. The third kappa shape index (κ3) is 2.63. The zero-order valence-corrected chi connectivity index (χ0v) is 10.1. The van der Waals surface area contributed by atoms with Gasteiger partial charge in [-0.15, -0.1) is 0 Å². The Kier molecular flexibility index (Phi) is 3.40. The van der Waals surface area contributed by atoms with Crippen LogP contribution in [0, 0.1) is 6.92 Å². The van der Waals surface area contributed by atoms with Gasteiger partial charge in [-0.2, -0.15) is 0 Å². The van der Waals surface area contributed by atoms with Gasteiger partial charge in [0.1, 0.15) is 5.82 Å². The number of benzene rings is 1. The lowest BCUT2D eigenvalue weighted by Gasteiger charge is -2.18. The van der Waals surface area contributed by atoms with Gasteiger partial charge in [-0.25, -0.2) is 4.98 Å². The van der Waals surface area contributed by atoms with Gasteiger partial charge in [0.15, 0.2) is 0 Å². The van der Waals surface area contributed by atoms with E-state index in [1.54, 1.807) is 6.20 Å². The fourth-order valence-electron chi connectivity index (χ4n) is 1.64. The van der Waals surface area contributed by atoms with Gasteiger partial charge < -0.3 is 10.0 Å². The van der Waals surface area contributed by atoms with Gasteiger partial charge in [0.05, 0.1) is 6.61 Å². The second kappa shape index (κ2) is 4.97. The summed E-state index contributed by atoms with van der Waals surface area (Å²) < 4.78 is 0. The number of hydrogen-bond donors (Lipinski definition) is 1. The van der Waals surface area contributed by atoms with Gasteiger partial charge in [-0.1, -0.05) is 17.7 Å². The standard InChI is InChI=1S/C14H16N2O/c1-11-3-5-13(6-4-11)16(2)14-9-12(10-17)7-8-15-14/h3-9,17H,10H2,1-2H3. The molecule has 1 N–H and O–H groups in total. The number of pyridine rings is 1. The molecule has 0 radical (unpaired) electrons. The van der Waals surface area contributed by atoms with Crippen LogP contribution in [0.5, 0.6) is 0 Å². The first-order valence-electron chi connectivity index (χ1n) is 5.57. The molecule has 2 rings (SSSR count). The molecule has 0 saturated carbocycles. The third-order valence-electron chi connectivity index (χ3n) is 2.76. The first kappa shape index (κ1) is 11.6. The zero-order valence-electron chi connectivity index (χ0n) is 10.1. The lowest BCUT2D eigenvalue weighted by Crippen LogP contribution is -2.11.